The Kier molecular flexibility index (Phi) is 4.82. The van der Waals surface area contributed by atoms with Crippen LogP contribution in [0.5, 0.6) is 0 Å². The molecule has 7 heteroatoms. The number of nitrogens with zero attached hydrogens (tertiary/aromatic N) is 3. The van der Waals surface area contributed by atoms with Crippen molar-refractivity contribution in [1.29, 1.82) is 0 Å². The van der Waals surface area contributed by atoms with Crippen molar-refractivity contribution in [3.63, 3.8) is 0 Å². The third-order valence-corrected chi connectivity index (χ3v) is 5.63. The van der Waals surface area contributed by atoms with Gasteiger partial charge < -0.3 is 4.74 Å². The van der Waals surface area contributed by atoms with Gasteiger partial charge in [-0.15, -0.1) is 0 Å². The summed E-state index contributed by atoms with van der Waals surface area (Å²) in [6.07, 6.45) is 2.29. The molecule has 2 aromatic heterocycles. The third kappa shape index (κ3) is 3.51. The number of ether oxygens (including phenoxy) is 1. The van der Waals surface area contributed by atoms with Gasteiger partial charge in [0.05, 0.1) is 29.1 Å². The van der Waals surface area contributed by atoms with Gasteiger partial charge in [0.15, 0.2) is 11.4 Å². The number of hydrogen-bond acceptors (Lipinski definition) is 4. The van der Waals surface area contributed by atoms with Gasteiger partial charge in [0, 0.05) is 25.8 Å². The van der Waals surface area contributed by atoms with Crippen LogP contribution >= 0.6 is 0 Å². The maximum absolute atomic E-state index is 13.7. The predicted octanol–water partition coefficient (Wildman–Crippen LogP) is 4.73. The zero-order chi connectivity index (χ0) is 21.5. The second kappa shape index (κ2) is 7.67. The van der Waals surface area contributed by atoms with Crippen LogP contribution in [0.2, 0.25) is 0 Å². The van der Waals surface area contributed by atoms with E-state index in [2.05, 4.69) is 5.10 Å². The Labute approximate surface area is 177 Å². The number of ketones is 1. The summed E-state index contributed by atoms with van der Waals surface area (Å²) in [6.45, 7) is 0.303. The van der Waals surface area contributed by atoms with Gasteiger partial charge in [-0.05, 0) is 35.6 Å². The van der Waals surface area contributed by atoms with Crippen LogP contribution in [0, 0.1) is 11.6 Å². The maximum Gasteiger partial charge on any atom is 0.166 e. The van der Waals surface area contributed by atoms with Gasteiger partial charge in [0.1, 0.15) is 11.6 Å². The number of carbonyl (C=O) groups excluding carboxylic acids is 1. The van der Waals surface area contributed by atoms with Crippen LogP contribution in [0.15, 0.2) is 54.7 Å². The van der Waals surface area contributed by atoms with E-state index in [0.717, 1.165) is 22.9 Å². The lowest BCUT2D eigenvalue weighted by Crippen LogP contribution is -2.21. The number of aromatic nitrogens is 3. The van der Waals surface area contributed by atoms with Crippen molar-refractivity contribution in [2.75, 3.05) is 7.11 Å². The van der Waals surface area contributed by atoms with Crippen molar-refractivity contribution < 1.29 is 18.3 Å². The van der Waals surface area contributed by atoms with E-state index in [9.17, 15) is 13.6 Å². The molecule has 0 saturated heterocycles. The van der Waals surface area contributed by atoms with E-state index >= 15 is 0 Å². The molecule has 5 nitrogen and oxygen atoms in total. The third-order valence-electron chi connectivity index (χ3n) is 5.63. The Morgan fingerprint density at radius 2 is 1.84 bits per heavy atom. The van der Waals surface area contributed by atoms with Gasteiger partial charge in [-0.2, -0.15) is 5.10 Å². The Morgan fingerprint density at radius 1 is 1.10 bits per heavy atom. The smallest absolute Gasteiger partial charge is 0.166 e. The molecule has 0 aliphatic heterocycles. The highest BCUT2D eigenvalue weighted by Crippen LogP contribution is 2.35. The van der Waals surface area contributed by atoms with Crippen LogP contribution in [-0.2, 0) is 17.8 Å². The Hall–Kier alpha value is -3.45. The van der Waals surface area contributed by atoms with Crippen LogP contribution < -0.4 is 0 Å². The van der Waals surface area contributed by atoms with Crippen molar-refractivity contribution in [1.82, 2.24) is 14.6 Å². The molecule has 2 aromatic carbocycles. The fourth-order valence-corrected chi connectivity index (χ4v) is 4.27. The van der Waals surface area contributed by atoms with Crippen molar-refractivity contribution >= 4 is 11.4 Å². The first kappa shape index (κ1) is 19.5. The second-order valence-corrected chi connectivity index (χ2v) is 7.72. The minimum atomic E-state index is -0.650. The minimum Gasteiger partial charge on any atom is -0.378 e. The van der Waals surface area contributed by atoms with Gasteiger partial charge in [-0.25, -0.2) is 18.3 Å². The standard InChI is InChI=1S/C24H19F2N3O2/c1-31-13-21-23(14-5-3-2-4-6-14)24-27-20-9-16(15-7-17(25)11-18(26)8-15)10-22(30)19(20)12-29(24)28-21/h2-8,11-12,16H,9-10,13H2,1H3. The predicted molar refractivity (Wildman–Crippen MR) is 111 cm³/mol. The molecule has 4 aromatic rings. The molecular weight excluding hydrogens is 400 g/mol. The quantitative estimate of drug-likeness (QED) is 0.480. The maximum atomic E-state index is 13.7. The number of Topliss-reactive ketones (excluding diaryl/α,β-unsaturated/α-hetero) is 1. The molecule has 1 atom stereocenters. The van der Waals surface area contributed by atoms with E-state index in [1.807, 2.05) is 30.3 Å². The average Bonchev–Trinajstić information content (AvgIpc) is 3.09. The zero-order valence-electron chi connectivity index (χ0n) is 16.8. The van der Waals surface area contributed by atoms with E-state index in [4.69, 9.17) is 9.72 Å². The lowest BCUT2D eigenvalue weighted by atomic mass is 9.82. The molecule has 1 aliphatic carbocycles. The van der Waals surface area contributed by atoms with Crippen LogP contribution in [0.4, 0.5) is 8.78 Å². The van der Waals surface area contributed by atoms with Crippen molar-refractivity contribution in [3.8, 4) is 11.1 Å². The van der Waals surface area contributed by atoms with Crippen LogP contribution in [0.1, 0.15) is 39.6 Å². The molecule has 0 amide bonds. The van der Waals surface area contributed by atoms with E-state index in [1.54, 1.807) is 17.8 Å². The number of rotatable bonds is 4. The first-order valence-corrected chi connectivity index (χ1v) is 9.98. The number of halogens is 2. The molecule has 5 rings (SSSR count). The first-order valence-electron chi connectivity index (χ1n) is 9.98. The van der Waals surface area contributed by atoms with Crippen LogP contribution in [-0.4, -0.2) is 27.5 Å². The molecule has 2 heterocycles. The van der Waals surface area contributed by atoms with E-state index < -0.39 is 11.6 Å². The highest BCUT2D eigenvalue weighted by molar-refractivity contribution is 5.99. The van der Waals surface area contributed by atoms with Crippen molar-refractivity contribution in [2.24, 2.45) is 0 Å². The fourth-order valence-electron chi connectivity index (χ4n) is 4.27. The zero-order valence-corrected chi connectivity index (χ0v) is 16.8. The number of hydrogen-bond donors (Lipinski definition) is 0. The van der Waals surface area contributed by atoms with E-state index in [1.165, 1.54) is 12.1 Å². The van der Waals surface area contributed by atoms with Gasteiger partial charge in [0.2, 0.25) is 0 Å². The fraction of sp³-hybridized carbons (Fsp3) is 0.208. The molecule has 0 bridgehead atoms. The SMILES string of the molecule is COCc1nn2cc3c(nc2c1-c1ccccc1)CC(c1cc(F)cc(F)c1)CC3=O. The van der Waals surface area contributed by atoms with Gasteiger partial charge >= 0.3 is 0 Å². The number of methoxy groups -OCH3 is 1. The molecular formula is C24H19F2N3O2. The summed E-state index contributed by atoms with van der Waals surface area (Å²) in [5.41, 5.74) is 4.70. The summed E-state index contributed by atoms with van der Waals surface area (Å²) in [5.74, 6) is -1.75. The lowest BCUT2D eigenvalue weighted by Gasteiger charge is -2.23. The minimum absolute atomic E-state index is 0.115. The highest BCUT2D eigenvalue weighted by Gasteiger charge is 2.30. The Balaban J connectivity index is 1.64. The molecule has 0 N–H and O–H groups in total. The van der Waals surface area contributed by atoms with Gasteiger partial charge in [-0.3, -0.25) is 4.79 Å². The van der Waals surface area contributed by atoms with Crippen molar-refractivity contribution in [2.45, 2.75) is 25.4 Å². The first-order chi connectivity index (χ1) is 15.0. The summed E-state index contributed by atoms with van der Waals surface area (Å²) in [4.78, 5) is 17.7. The molecule has 31 heavy (non-hydrogen) atoms. The summed E-state index contributed by atoms with van der Waals surface area (Å²) < 4.78 is 34.4. The summed E-state index contributed by atoms with van der Waals surface area (Å²) in [5, 5.41) is 4.60. The summed E-state index contributed by atoms with van der Waals surface area (Å²) in [6, 6.07) is 13.2. The number of fused-ring (bicyclic) bond motifs is 2. The molecule has 1 unspecified atom stereocenters. The topological polar surface area (TPSA) is 56.5 Å². The number of benzene rings is 2. The van der Waals surface area contributed by atoms with E-state index in [-0.39, 0.29) is 18.1 Å². The summed E-state index contributed by atoms with van der Waals surface area (Å²) >= 11 is 0. The molecule has 0 fully saturated rings. The van der Waals surface area contributed by atoms with Crippen molar-refractivity contribution in [3.05, 3.63) is 88.9 Å². The highest BCUT2D eigenvalue weighted by atomic mass is 19.1. The number of carbonyl (C=O) groups is 1. The molecule has 0 radical (unpaired) electrons. The summed E-state index contributed by atoms with van der Waals surface area (Å²) in [7, 11) is 1.60. The molecule has 0 spiro atoms. The molecule has 1 aliphatic rings. The van der Waals surface area contributed by atoms with Gasteiger partial charge in [-0.1, -0.05) is 30.3 Å². The van der Waals surface area contributed by atoms with E-state index in [0.29, 0.717) is 35.5 Å². The van der Waals surface area contributed by atoms with Gasteiger partial charge in [0.25, 0.3) is 0 Å². The lowest BCUT2D eigenvalue weighted by molar-refractivity contribution is 0.0962. The monoisotopic (exact) mass is 419 g/mol. The second-order valence-electron chi connectivity index (χ2n) is 7.72. The normalized spacial score (nSPS) is 16.0. The average molecular weight is 419 g/mol. The van der Waals surface area contributed by atoms with Crippen LogP contribution in [0.25, 0.3) is 16.8 Å². The largest absolute Gasteiger partial charge is 0.378 e. The Morgan fingerprint density at radius 3 is 2.55 bits per heavy atom. The Bertz CT molecular complexity index is 1280. The van der Waals surface area contributed by atoms with Crippen LogP contribution in [0.3, 0.4) is 0 Å². The molecule has 0 saturated carbocycles. The molecule has 156 valence electrons.